The average Bonchev–Trinajstić information content (AvgIpc) is 3.11. The summed E-state index contributed by atoms with van der Waals surface area (Å²) in [7, 11) is 1.64. The molecule has 33 heavy (non-hydrogen) atoms. The maximum Gasteiger partial charge on any atom is 0.227 e. The summed E-state index contributed by atoms with van der Waals surface area (Å²) in [5, 5.41) is 4.82. The van der Waals surface area contributed by atoms with Crippen LogP contribution in [0.25, 0.3) is 5.69 Å². The van der Waals surface area contributed by atoms with Gasteiger partial charge in [0, 0.05) is 12.0 Å². The van der Waals surface area contributed by atoms with Crippen LogP contribution in [0.5, 0.6) is 17.4 Å². The van der Waals surface area contributed by atoms with E-state index in [0.717, 1.165) is 48.4 Å². The van der Waals surface area contributed by atoms with Crippen LogP contribution in [0.4, 0.5) is 0 Å². The van der Waals surface area contributed by atoms with Gasteiger partial charge in [0.2, 0.25) is 11.8 Å². The summed E-state index contributed by atoms with van der Waals surface area (Å²) in [5.74, 6) is 2.49. The molecule has 174 valence electrons. The number of aromatic nitrogens is 2. The number of carbonyl (C=O) groups excluding carboxylic acids is 1. The zero-order chi connectivity index (χ0) is 23.4. The van der Waals surface area contributed by atoms with E-state index in [4.69, 9.17) is 14.6 Å². The maximum atomic E-state index is 13.3. The highest BCUT2D eigenvalue weighted by Gasteiger charge is 2.33. The number of nitrogens with zero attached hydrogens (tertiary/aromatic N) is 3. The molecule has 6 nitrogen and oxygen atoms in total. The standard InChI is InChI=1S/C27H33N3O3/c1-5-19(2)29(26(31)21-10-9-11-21)18-25-20(3)28-30(22-12-7-6-8-13-22)27(25)33-24-16-14-23(32-4)15-17-24/h6-8,12-17,19,21H,5,9-11,18H2,1-4H3. The molecule has 0 saturated heterocycles. The summed E-state index contributed by atoms with van der Waals surface area (Å²) in [6, 6.07) is 17.6. The number of ether oxygens (including phenoxy) is 2. The van der Waals surface area contributed by atoms with Crippen LogP contribution in [0.3, 0.4) is 0 Å². The van der Waals surface area contributed by atoms with E-state index < -0.39 is 0 Å². The van der Waals surface area contributed by atoms with Gasteiger partial charge in [-0.05, 0) is 69.5 Å². The maximum absolute atomic E-state index is 13.3. The molecule has 0 bridgehead atoms. The second-order valence-corrected chi connectivity index (χ2v) is 8.75. The Balaban J connectivity index is 1.74. The normalized spacial score (nSPS) is 14.4. The molecule has 0 N–H and O–H groups in total. The van der Waals surface area contributed by atoms with Gasteiger partial charge in [-0.2, -0.15) is 5.10 Å². The summed E-state index contributed by atoms with van der Waals surface area (Å²) < 4.78 is 13.5. The van der Waals surface area contributed by atoms with Crippen molar-refractivity contribution >= 4 is 5.91 Å². The van der Waals surface area contributed by atoms with Gasteiger partial charge in [-0.3, -0.25) is 4.79 Å². The van der Waals surface area contributed by atoms with E-state index in [0.29, 0.717) is 18.2 Å². The Bertz CT molecular complexity index is 1070. The van der Waals surface area contributed by atoms with E-state index in [1.807, 2.05) is 71.1 Å². The van der Waals surface area contributed by atoms with E-state index >= 15 is 0 Å². The molecule has 1 aromatic heterocycles. The lowest BCUT2D eigenvalue weighted by atomic mass is 9.84. The van der Waals surface area contributed by atoms with Gasteiger partial charge in [-0.25, -0.2) is 4.68 Å². The Labute approximate surface area is 196 Å². The van der Waals surface area contributed by atoms with Gasteiger partial charge in [0.15, 0.2) is 0 Å². The monoisotopic (exact) mass is 447 g/mol. The van der Waals surface area contributed by atoms with Gasteiger partial charge in [-0.1, -0.05) is 31.5 Å². The van der Waals surface area contributed by atoms with Crippen molar-refractivity contribution in [1.29, 1.82) is 0 Å². The molecule has 1 aliphatic rings. The van der Waals surface area contributed by atoms with Crippen LogP contribution < -0.4 is 9.47 Å². The summed E-state index contributed by atoms with van der Waals surface area (Å²) in [4.78, 5) is 15.3. The SMILES string of the molecule is CCC(C)N(Cc1c(C)nn(-c2ccccc2)c1Oc1ccc(OC)cc1)C(=O)C1CCC1. The number of aryl methyl sites for hydroxylation is 1. The summed E-state index contributed by atoms with van der Waals surface area (Å²) in [6.07, 6.45) is 4.02. The van der Waals surface area contributed by atoms with Crippen LogP contribution in [0.1, 0.15) is 50.8 Å². The molecule has 0 aliphatic heterocycles. The van der Waals surface area contributed by atoms with E-state index in [9.17, 15) is 4.79 Å². The molecular weight excluding hydrogens is 414 g/mol. The number of hydrogen-bond donors (Lipinski definition) is 0. The first-order chi connectivity index (χ1) is 16.0. The van der Waals surface area contributed by atoms with Crippen molar-refractivity contribution in [1.82, 2.24) is 14.7 Å². The molecule has 1 fully saturated rings. The first kappa shape index (κ1) is 22.9. The Kier molecular flexibility index (Phi) is 7.02. The van der Waals surface area contributed by atoms with Crippen molar-refractivity contribution in [3.8, 4) is 23.1 Å². The van der Waals surface area contributed by atoms with E-state index in [1.165, 1.54) is 0 Å². The third kappa shape index (κ3) is 4.90. The molecule has 3 aromatic rings. The van der Waals surface area contributed by atoms with Gasteiger partial charge in [-0.15, -0.1) is 0 Å². The third-order valence-electron chi connectivity index (χ3n) is 6.60. The largest absolute Gasteiger partial charge is 0.497 e. The van der Waals surface area contributed by atoms with Crippen LogP contribution >= 0.6 is 0 Å². The van der Waals surface area contributed by atoms with E-state index in [1.54, 1.807) is 7.11 Å². The number of para-hydroxylation sites is 1. The molecule has 1 saturated carbocycles. The number of methoxy groups -OCH3 is 1. The first-order valence-electron chi connectivity index (χ1n) is 11.8. The second-order valence-electron chi connectivity index (χ2n) is 8.75. The Morgan fingerprint density at radius 2 is 1.79 bits per heavy atom. The number of rotatable bonds is 9. The molecule has 1 atom stereocenters. The fraction of sp³-hybridized carbons (Fsp3) is 0.407. The van der Waals surface area contributed by atoms with Gasteiger partial charge < -0.3 is 14.4 Å². The molecule has 1 amide bonds. The highest BCUT2D eigenvalue weighted by atomic mass is 16.5. The Hall–Kier alpha value is -3.28. The number of amides is 1. The average molecular weight is 448 g/mol. The quantitative estimate of drug-likeness (QED) is 0.409. The predicted octanol–water partition coefficient (Wildman–Crippen LogP) is 5.91. The Morgan fingerprint density at radius 3 is 2.36 bits per heavy atom. The number of carbonyl (C=O) groups is 1. The lowest BCUT2D eigenvalue weighted by molar-refractivity contribution is -0.141. The minimum Gasteiger partial charge on any atom is -0.497 e. The van der Waals surface area contributed by atoms with Crippen molar-refractivity contribution in [2.75, 3.05) is 7.11 Å². The predicted molar refractivity (Wildman–Crippen MR) is 129 cm³/mol. The molecule has 2 aromatic carbocycles. The smallest absolute Gasteiger partial charge is 0.227 e. The zero-order valence-electron chi connectivity index (χ0n) is 20.0. The van der Waals surface area contributed by atoms with Crippen molar-refractivity contribution in [3.05, 3.63) is 65.9 Å². The van der Waals surface area contributed by atoms with Crippen LogP contribution in [0.15, 0.2) is 54.6 Å². The zero-order valence-corrected chi connectivity index (χ0v) is 20.0. The van der Waals surface area contributed by atoms with Crippen molar-refractivity contribution in [2.45, 2.75) is 59.0 Å². The van der Waals surface area contributed by atoms with Crippen molar-refractivity contribution in [3.63, 3.8) is 0 Å². The van der Waals surface area contributed by atoms with Crippen LogP contribution in [0.2, 0.25) is 0 Å². The van der Waals surface area contributed by atoms with Crippen molar-refractivity contribution < 1.29 is 14.3 Å². The molecule has 6 heteroatoms. The highest BCUT2D eigenvalue weighted by molar-refractivity contribution is 5.80. The van der Waals surface area contributed by atoms with E-state index in [-0.39, 0.29) is 17.9 Å². The van der Waals surface area contributed by atoms with Gasteiger partial charge in [0.05, 0.1) is 30.6 Å². The lowest BCUT2D eigenvalue weighted by Gasteiger charge is -2.35. The minimum absolute atomic E-state index is 0.145. The molecular formula is C27H33N3O3. The number of benzene rings is 2. The van der Waals surface area contributed by atoms with Gasteiger partial charge >= 0.3 is 0 Å². The van der Waals surface area contributed by atoms with Crippen LogP contribution in [-0.2, 0) is 11.3 Å². The molecule has 0 radical (unpaired) electrons. The first-order valence-corrected chi connectivity index (χ1v) is 11.8. The number of hydrogen-bond acceptors (Lipinski definition) is 4. The Morgan fingerprint density at radius 1 is 1.12 bits per heavy atom. The summed E-state index contributed by atoms with van der Waals surface area (Å²) in [5.41, 5.74) is 2.70. The van der Waals surface area contributed by atoms with Crippen LogP contribution in [-0.4, -0.2) is 33.7 Å². The fourth-order valence-corrected chi connectivity index (χ4v) is 4.06. The molecule has 1 aliphatic carbocycles. The lowest BCUT2D eigenvalue weighted by Crippen LogP contribution is -2.43. The third-order valence-corrected chi connectivity index (χ3v) is 6.60. The van der Waals surface area contributed by atoms with Crippen molar-refractivity contribution in [2.24, 2.45) is 5.92 Å². The fourth-order valence-electron chi connectivity index (χ4n) is 4.06. The van der Waals surface area contributed by atoms with Crippen LogP contribution in [0, 0.1) is 12.8 Å². The topological polar surface area (TPSA) is 56.6 Å². The summed E-state index contributed by atoms with van der Waals surface area (Å²) >= 11 is 0. The molecule has 4 rings (SSSR count). The minimum atomic E-state index is 0.145. The van der Waals surface area contributed by atoms with Gasteiger partial charge in [0.1, 0.15) is 11.5 Å². The molecule has 0 spiro atoms. The van der Waals surface area contributed by atoms with Gasteiger partial charge in [0.25, 0.3) is 0 Å². The highest BCUT2D eigenvalue weighted by Crippen LogP contribution is 2.35. The second kappa shape index (κ2) is 10.1. The molecule has 1 heterocycles. The van der Waals surface area contributed by atoms with E-state index in [2.05, 4.69) is 13.8 Å². The molecule has 1 unspecified atom stereocenters. The summed E-state index contributed by atoms with van der Waals surface area (Å²) in [6.45, 7) is 6.71.